The molecule has 1 aliphatic carbocycles. The van der Waals surface area contributed by atoms with E-state index in [0.717, 1.165) is 35.2 Å². The maximum Gasteiger partial charge on any atom is 0.232 e. The van der Waals surface area contributed by atoms with Crippen molar-refractivity contribution in [3.8, 4) is 17.3 Å². The third-order valence-corrected chi connectivity index (χ3v) is 4.72. The van der Waals surface area contributed by atoms with E-state index >= 15 is 0 Å². The molecule has 0 radical (unpaired) electrons. The summed E-state index contributed by atoms with van der Waals surface area (Å²) < 4.78 is 13.5. The van der Waals surface area contributed by atoms with Gasteiger partial charge in [-0.25, -0.2) is 9.50 Å². The number of aromatic nitrogens is 3. The maximum absolute atomic E-state index is 6.05. The number of furan rings is 1. The molecule has 5 rings (SSSR count). The van der Waals surface area contributed by atoms with Crippen molar-refractivity contribution in [1.29, 1.82) is 0 Å². The van der Waals surface area contributed by atoms with Gasteiger partial charge in [0.2, 0.25) is 5.88 Å². The minimum atomic E-state index is 0.139. The number of nitrogens with zero attached hydrogens (tertiary/aromatic N) is 3. The van der Waals surface area contributed by atoms with Crippen LogP contribution in [0.25, 0.3) is 28.1 Å². The number of fused-ring (bicyclic) bond motifs is 2. The lowest BCUT2D eigenvalue weighted by molar-refractivity contribution is 0.0944. The molecule has 25 heavy (non-hydrogen) atoms. The largest absolute Gasteiger partial charge is 0.473 e. The first-order valence-corrected chi connectivity index (χ1v) is 8.50. The Hall–Kier alpha value is -2.57. The van der Waals surface area contributed by atoms with Crippen molar-refractivity contribution in [3.05, 3.63) is 47.6 Å². The van der Waals surface area contributed by atoms with E-state index in [2.05, 4.69) is 10.1 Å². The third-order valence-electron chi connectivity index (χ3n) is 4.49. The van der Waals surface area contributed by atoms with Crippen LogP contribution in [0, 0.1) is 0 Å². The van der Waals surface area contributed by atoms with Gasteiger partial charge in [0.15, 0.2) is 11.4 Å². The molecular weight excluding hydrogens is 340 g/mol. The molecule has 0 bridgehead atoms. The molecule has 6 nitrogen and oxygen atoms in total. The highest BCUT2D eigenvalue weighted by Gasteiger charge is 2.28. The zero-order valence-corrected chi connectivity index (χ0v) is 14.0. The second-order valence-electron chi connectivity index (χ2n) is 6.35. The summed E-state index contributed by atoms with van der Waals surface area (Å²) in [7, 11) is 0. The lowest BCUT2D eigenvalue weighted by atomic mass is 9.90. The number of hydrogen-bond donors (Lipinski definition) is 1. The first kappa shape index (κ1) is 14.7. The zero-order valence-electron chi connectivity index (χ0n) is 13.2. The minimum Gasteiger partial charge on any atom is -0.473 e. The van der Waals surface area contributed by atoms with Crippen LogP contribution < -0.4 is 10.5 Å². The number of nitrogens with two attached hydrogens (primary N) is 1. The molecule has 0 aliphatic heterocycles. The molecule has 1 aromatic carbocycles. The fourth-order valence-corrected chi connectivity index (χ4v) is 3.28. The van der Waals surface area contributed by atoms with Crippen LogP contribution in [0.3, 0.4) is 0 Å². The maximum atomic E-state index is 6.05. The smallest absolute Gasteiger partial charge is 0.232 e. The molecule has 1 fully saturated rings. The van der Waals surface area contributed by atoms with Crippen LogP contribution in [-0.2, 0) is 0 Å². The topological polar surface area (TPSA) is 78.6 Å². The highest BCUT2D eigenvalue weighted by molar-refractivity contribution is 6.31. The van der Waals surface area contributed by atoms with Gasteiger partial charge < -0.3 is 14.9 Å². The van der Waals surface area contributed by atoms with Crippen LogP contribution in [-0.4, -0.2) is 26.7 Å². The Kier molecular flexibility index (Phi) is 3.23. The van der Waals surface area contributed by atoms with E-state index in [1.54, 1.807) is 16.8 Å². The Morgan fingerprint density at radius 2 is 2.08 bits per heavy atom. The summed E-state index contributed by atoms with van der Waals surface area (Å²) in [6, 6.07) is 11.4. The number of benzene rings is 1. The molecular formula is C18H15ClN4O2. The lowest BCUT2D eigenvalue weighted by Gasteiger charge is -2.31. The van der Waals surface area contributed by atoms with Gasteiger partial charge in [-0.1, -0.05) is 11.6 Å². The molecule has 2 N–H and O–H groups in total. The zero-order chi connectivity index (χ0) is 17.0. The summed E-state index contributed by atoms with van der Waals surface area (Å²) in [5.74, 6) is 1.24. The van der Waals surface area contributed by atoms with Gasteiger partial charge in [0.25, 0.3) is 0 Å². The molecule has 3 heterocycles. The van der Waals surface area contributed by atoms with Crippen molar-refractivity contribution in [2.24, 2.45) is 5.73 Å². The van der Waals surface area contributed by atoms with Crippen LogP contribution in [0.1, 0.15) is 12.8 Å². The first-order chi connectivity index (χ1) is 12.2. The SMILES string of the molecule is N[C@H]1C[C@H](Oc2ccc3ncc(-c4cc5cc(Cl)ccc5o4)n3n2)C1. The van der Waals surface area contributed by atoms with E-state index in [4.69, 9.17) is 26.5 Å². The second-order valence-corrected chi connectivity index (χ2v) is 6.79. The van der Waals surface area contributed by atoms with Gasteiger partial charge in [0.1, 0.15) is 17.4 Å². The van der Waals surface area contributed by atoms with E-state index in [9.17, 15) is 0 Å². The summed E-state index contributed by atoms with van der Waals surface area (Å²) in [6.07, 6.45) is 3.60. The quantitative estimate of drug-likeness (QED) is 0.607. The molecule has 1 aliphatic rings. The Morgan fingerprint density at radius 1 is 1.20 bits per heavy atom. The molecule has 1 saturated carbocycles. The van der Waals surface area contributed by atoms with E-state index in [1.165, 1.54) is 0 Å². The van der Waals surface area contributed by atoms with Crippen molar-refractivity contribution >= 4 is 28.2 Å². The molecule has 0 saturated heterocycles. The third kappa shape index (κ3) is 2.54. The summed E-state index contributed by atoms with van der Waals surface area (Å²) in [4.78, 5) is 4.39. The van der Waals surface area contributed by atoms with E-state index in [1.807, 2.05) is 30.3 Å². The Labute approximate surface area is 148 Å². The number of halogens is 1. The summed E-state index contributed by atoms with van der Waals surface area (Å²) in [6.45, 7) is 0. The van der Waals surface area contributed by atoms with Crippen molar-refractivity contribution in [2.75, 3.05) is 0 Å². The van der Waals surface area contributed by atoms with Gasteiger partial charge in [0.05, 0.1) is 6.20 Å². The average molecular weight is 355 g/mol. The standard InChI is InChI=1S/C18H15ClN4O2/c19-11-1-2-15-10(5-11)6-16(25-15)14-9-21-17-3-4-18(22-23(14)17)24-13-7-12(20)8-13/h1-6,9,12-13H,7-8,20H2/t12-,13-. The Morgan fingerprint density at radius 3 is 2.92 bits per heavy atom. The molecule has 126 valence electrons. The molecule has 0 unspecified atom stereocenters. The van der Waals surface area contributed by atoms with Crippen LogP contribution in [0.15, 0.2) is 47.0 Å². The molecule has 0 spiro atoms. The normalized spacial score (nSPS) is 20.1. The highest BCUT2D eigenvalue weighted by Crippen LogP contribution is 2.30. The van der Waals surface area contributed by atoms with Crippen LogP contribution in [0.4, 0.5) is 0 Å². The van der Waals surface area contributed by atoms with Crippen molar-refractivity contribution in [2.45, 2.75) is 25.0 Å². The average Bonchev–Trinajstić information content (AvgIpc) is 3.16. The van der Waals surface area contributed by atoms with Gasteiger partial charge >= 0.3 is 0 Å². The molecule has 0 atom stereocenters. The molecule has 4 aromatic rings. The van der Waals surface area contributed by atoms with Crippen LogP contribution in [0.5, 0.6) is 5.88 Å². The van der Waals surface area contributed by atoms with E-state index in [0.29, 0.717) is 16.7 Å². The van der Waals surface area contributed by atoms with E-state index in [-0.39, 0.29) is 12.1 Å². The van der Waals surface area contributed by atoms with Crippen molar-refractivity contribution in [1.82, 2.24) is 14.6 Å². The van der Waals surface area contributed by atoms with E-state index < -0.39 is 0 Å². The van der Waals surface area contributed by atoms with Crippen LogP contribution in [0.2, 0.25) is 5.02 Å². The van der Waals surface area contributed by atoms with Gasteiger partial charge in [0, 0.05) is 22.5 Å². The summed E-state index contributed by atoms with van der Waals surface area (Å²) >= 11 is 6.05. The summed E-state index contributed by atoms with van der Waals surface area (Å²) in [5.41, 5.74) is 8.07. The number of hydrogen-bond acceptors (Lipinski definition) is 5. The fraction of sp³-hybridized carbons (Fsp3) is 0.222. The number of rotatable bonds is 3. The predicted molar refractivity (Wildman–Crippen MR) is 94.8 cm³/mol. The summed E-state index contributed by atoms with van der Waals surface area (Å²) in [5, 5.41) is 6.16. The predicted octanol–water partition coefficient (Wildman–Crippen LogP) is 3.66. The molecule has 7 heteroatoms. The van der Waals surface area contributed by atoms with Gasteiger partial charge in [-0.05, 0) is 43.2 Å². The van der Waals surface area contributed by atoms with Crippen LogP contribution >= 0.6 is 11.6 Å². The van der Waals surface area contributed by atoms with Gasteiger partial charge in [-0.2, -0.15) is 0 Å². The monoisotopic (exact) mass is 354 g/mol. The first-order valence-electron chi connectivity index (χ1n) is 8.12. The lowest BCUT2D eigenvalue weighted by Crippen LogP contribution is -2.43. The number of imidazole rings is 1. The van der Waals surface area contributed by atoms with Crippen molar-refractivity contribution in [3.63, 3.8) is 0 Å². The van der Waals surface area contributed by atoms with Gasteiger partial charge in [-0.3, -0.25) is 0 Å². The van der Waals surface area contributed by atoms with Gasteiger partial charge in [-0.15, -0.1) is 5.10 Å². The Balaban J connectivity index is 1.55. The fourth-order valence-electron chi connectivity index (χ4n) is 3.10. The Bertz CT molecular complexity index is 1080. The molecule has 3 aromatic heterocycles. The highest BCUT2D eigenvalue weighted by atomic mass is 35.5. The second kappa shape index (κ2) is 5.47. The van der Waals surface area contributed by atoms with Crippen molar-refractivity contribution < 1.29 is 9.15 Å². The number of ether oxygens (including phenoxy) is 1. The minimum absolute atomic E-state index is 0.139. The molecule has 0 amide bonds.